The fourth-order valence-electron chi connectivity index (χ4n) is 3.21. The minimum Gasteiger partial charge on any atom is -0.493 e. The van der Waals surface area contributed by atoms with Gasteiger partial charge in [-0.05, 0) is 38.0 Å². The number of aromatic nitrogens is 2. The summed E-state index contributed by atoms with van der Waals surface area (Å²) in [5, 5.41) is 8.42. The number of thioether (sulfide) groups is 1. The monoisotopic (exact) mass is 376 g/mol. The van der Waals surface area contributed by atoms with E-state index in [0.29, 0.717) is 34.1 Å². The van der Waals surface area contributed by atoms with Crippen molar-refractivity contribution in [1.82, 2.24) is 10.2 Å². The maximum absolute atomic E-state index is 12.7. The third-order valence-electron chi connectivity index (χ3n) is 4.69. The highest BCUT2D eigenvalue weighted by molar-refractivity contribution is 8.00. The summed E-state index contributed by atoms with van der Waals surface area (Å²) in [6, 6.07) is 5.17. The lowest BCUT2D eigenvalue weighted by molar-refractivity contribution is 0.0993. The molecule has 0 spiro atoms. The van der Waals surface area contributed by atoms with Gasteiger partial charge < -0.3 is 13.9 Å². The minimum absolute atomic E-state index is 0.0200. The maximum atomic E-state index is 12.7. The van der Waals surface area contributed by atoms with Crippen LogP contribution in [0.2, 0.25) is 0 Å². The normalized spacial score (nSPS) is 16.3. The number of carbonyl (C=O) groups is 1. The van der Waals surface area contributed by atoms with Crippen molar-refractivity contribution in [2.45, 2.75) is 55.4 Å². The zero-order chi connectivity index (χ0) is 18.5. The smallest absolute Gasteiger partial charge is 0.277 e. The Morgan fingerprint density at radius 3 is 2.58 bits per heavy atom. The predicted octanol–water partition coefficient (Wildman–Crippen LogP) is 4.50. The van der Waals surface area contributed by atoms with E-state index in [-0.39, 0.29) is 11.0 Å². The Morgan fingerprint density at radius 2 is 1.88 bits per heavy atom. The number of rotatable bonds is 7. The lowest BCUT2D eigenvalue weighted by atomic mass is 9.89. The third-order valence-corrected chi connectivity index (χ3v) is 5.63. The van der Waals surface area contributed by atoms with E-state index in [0.717, 1.165) is 12.8 Å². The molecule has 1 aliphatic carbocycles. The number of carbonyl (C=O) groups excluding carboxylic acids is 1. The Labute approximate surface area is 157 Å². The number of nitrogens with zero attached hydrogens (tertiary/aromatic N) is 2. The number of methoxy groups -OCH3 is 2. The van der Waals surface area contributed by atoms with Crippen molar-refractivity contribution in [3.8, 4) is 11.5 Å². The SMILES string of the molecule is COc1ccc(C(=O)C(C)Sc2nnc(C3CCCCC3)o2)cc1OC. The second-order valence-corrected chi connectivity index (χ2v) is 7.73. The molecule has 1 aromatic carbocycles. The minimum atomic E-state index is -0.340. The average Bonchev–Trinajstić information content (AvgIpc) is 3.16. The van der Waals surface area contributed by atoms with Gasteiger partial charge in [-0.15, -0.1) is 10.2 Å². The van der Waals surface area contributed by atoms with Gasteiger partial charge in [0.25, 0.3) is 5.22 Å². The van der Waals surface area contributed by atoms with E-state index in [9.17, 15) is 4.79 Å². The molecule has 1 heterocycles. The molecule has 26 heavy (non-hydrogen) atoms. The molecule has 0 radical (unpaired) electrons. The van der Waals surface area contributed by atoms with Crippen molar-refractivity contribution >= 4 is 17.5 Å². The van der Waals surface area contributed by atoms with Crippen LogP contribution in [0.4, 0.5) is 0 Å². The maximum Gasteiger partial charge on any atom is 0.277 e. The van der Waals surface area contributed by atoms with Gasteiger partial charge in [0, 0.05) is 11.5 Å². The number of hydrogen-bond acceptors (Lipinski definition) is 7. The topological polar surface area (TPSA) is 74.5 Å². The van der Waals surface area contributed by atoms with Crippen LogP contribution in [0.1, 0.15) is 61.2 Å². The molecule has 1 fully saturated rings. The first-order valence-electron chi connectivity index (χ1n) is 8.88. The summed E-state index contributed by atoms with van der Waals surface area (Å²) in [5.41, 5.74) is 0.565. The predicted molar refractivity (Wildman–Crippen MR) is 99.3 cm³/mol. The Balaban J connectivity index is 1.67. The molecule has 0 amide bonds. The molecule has 2 aromatic rings. The lowest BCUT2D eigenvalue weighted by Gasteiger charge is -2.17. The van der Waals surface area contributed by atoms with Crippen LogP contribution in [0.25, 0.3) is 0 Å². The zero-order valence-electron chi connectivity index (χ0n) is 15.4. The summed E-state index contributed by atoms with van der Waals surface area (Å²) >= 11 is 1.29. The highest BCUT2D eigenvalue weighted by Crippen LogP contribution is 2.34. The van der Waals surface area contributed by atoms with Crippen molar-refractivity contribution in [2.75, 3.05) is 14.2 Å². The van der Waals surface area contributed by atoms with Crippen LogP contribution in [0, 0.1) is 0 Å². The van der Waals surface area contributed by atoms with Gasteiger partial charge in [0.2, 0.25) is 5.89 Å². The Bertz CT molecular complexity index is 756. The van der Waals surface area contributed by atoms with Gasteiger partial charge >= 0.3 is 0 Å². The van der Waals surface area contributed by atoms with E-state index in [4.69, 9.17) is 13.9 Å². The molecule has 1 saturated carbocycles. The summed E-state index contributed by atoms with van der Waals surface area (Å²) in [5.74, 6) is 2.18. The van der Waals surface area contributed by atoms with E-state index in [2.05, 4.69) is 10.2 Å². The van der Waals surface area contributed by atoms with Crippen LogP contribution in [-0.2, 0) is 0 Å². The molecular formula is C19H24N2O4S. The van der Waals surface area contributed by atoms with Crippen LogP contribution in [0.15, 0.2) is 27.8 Å². The van der Waals surface area contributed by atoms with Gasteiger partial charge in [-0.25, -0.2) is 0 Å². The number of hydrogen-bond donors (Lipinski definition) is 0. The molecule has 6 nitrogen and oxygen atoms in total. The Morgan fingerprint density at radius 1 is 1.15 bits per heavy atom. The van der Waals surface area contributed by atoms with Gasteiger partial charge in [0.1, 0.15) is 0 Å². The Hall–Kier alpha value is -2.02. The van der Waals surface area contributed by atoms with E-state index in [1.807, 2.05) is 6.92 Å². The molecule has 7 heteroatoms. The molecule has 1 aromatic heterocycles. The van der Waals surface area contributed by atoms with Crippen LogP contribution in [0.3, 0.4) is 0 Å². The van der Waals surface area contributed by atoms with E-state index in [1.165, 1.54) is 31.0 Å². The molecule has 0 bridgehead atoms. The molecule has 1 unspecified atom stereocenters. The number of ketones is 1. The fraction of sp³-hybridized carbons (Fsp3) is 0.526. The van der Waals surface area contributed by atoms with Gasteiger partial charge in [-0.2, -0.15) is 0 Å². The van der Waals surface area contributed by atoms with Crippen LogP contribution < -0.4 is 9.47 Å². The first kappa shape index (κ1) is 18.8. The molecule has 3 rings (SSSR count). The van der Waals surface area contributed by atoms with Crippen molar-refractivity contribution in [1.29, 1.82) is 0 Å². The third kappa shape index (κ3) is 4.20. The molecular weight excluding hydrogens is 352 g/mol. The first-order chi connectivity index (χ1) is 12.6. The van der Waals surface area contributed by atoms with Crippen molar-refractivity contribution in [2.24, 2.45) is 0 Å². The second-order valence-electron chi connectivity index (χ2n) is 6.44. The van der Waals surface area contributed by atoms with Crippen LogP contribution in [0.5, 0.6) is 11.5 Å². The van der Waals surface area contributed by atoms with E-state index < -0.39 is 0 Å². The van der Waals surface area contributed by atoms with Crippen molar-refractivity contribution in [3.05, 3.63) is 29.7 Å². The van der Waals surface area contributed by atoms with Crippen LogP contribution in [-0.4, -0.2) is 35.5 Å². The number of ether oxygens (including phenoxy) is 2. The summed E-state index contributed by atoms with van der Waals surface area (Å²) in [6.45, 7) is 1.84. The number of Topliss-reactive ketones (excluding diaryl/α,β-unsaturated/α-hetero) is 1. The molecule has 1 atom stereocenters. The fourth-order valence-corrected chi connectivity index (χ4v) is 3.98. The second kappa shape index (κ2) is 8.58. The largest absolute Gasteiger partial charge is 0.493 e. The van der Waals surface area contributed by atoms with Gasteiger partial charge in [0.05, 0.1) is 19.5 Å². The van der Waals surface area contributed by atoms with Gasteiger partial charge in [0.15, 0.2) is 17.3 Å². The molecule has 1 aliphatic rings. The lowest BCUT2D eigenvalue weighted by Crippen LogP contribution is -2.13. The van der Waals surface area contributed by atoms with Crippen molar-refractivity contribution in [3.63, 3.8) is 0 Å². The first-order valence-corrected chi connectivity index (χ1v) is 9.76. The van der Waals surface area contributed by atoms with Gasteiger partial charge in [-0.1, -0.05) is 31.0 Å². The molecule has 0 aliphatic heterocycles. The van der Waals surface area contributed by atoms with E-state index in [1.54, 1.807) is 32.4 Å². The molecule has 0 saturated heterocycles. The van der Waals surface area contributed by atoms with Crippen molar-refractivity contribution < 1.29 is 18.7 Å². The molecule has 140 valence electrons. The van der Waals surface area contributed by atoms with Gasteiger partial charge in [-0.3, -0.25) is 4.79 Å². The summed E-state index contributed by atoms with van der Waals surface area (Å²) in [4.78, 5) is 12.7. The Kier molecular flexibility index (Phi) is 6.19. The highest BCUT2D eigenvalue weighted by Gasteiger charge is 2.24. The quantitative estimate of drug-likeness (QED) is 0.520. The summed E-state index contributed by atoms with van der Waals surface area (Å²) in [7, 11) is 3.12. The van der Waals surface area contributed by atoms with Crippen LogP contribution >= 0.6 is 11.8 Å². The highest BCUT2D eigenvalue weighted by atomic mass is 32.2. The number of benzene rings is 1. The molecule has 0 N–H and O–H groups in total. The summed E-state index contributed by atoms with van der Waals surface area (Å²) < 4.78 is 16.3. The summed E-state index contributed by atoms with van der Waals surface area (Å²) in [6.07, 6.45) is 5.91. The van der Waals surface area contributed by atoms with E-state index >= 15 is 0 Å². The standard InChI is InChI=1S/C19H24N2O4S/c1-12(17(22)14-9-10-15(23-2)16(11-14)24-3)26-19-21-20-18(25-19)13-7-5-4-6-8-13/h9-13H,4-8H2,1-3H3. The zero-order valence-corrected chi connectivity index (χ0v) is 16.2. The average molecular weight is 376 g/mol.